The molecular formula is C14H19N5O. The molecule has 1 amide bonds. The maximum Gasteiger partial charge on any atom is 0.221 e. The molecule has 2 N–H and O–H groups in total. The SMILES string of the molecule is CC(=O)Nc1ccccc1CNCCc1ncn(C)n1. The van der Waals surface area contributed by atoms with Crippen molar-refractivity contribution >= 4 is 11.6 Å². The molecule has 0 spiro atoms. The maximum atomic E-state index is 11.1. The predicted octanol–water partition coefficient (Wildman–Crippen LogP) is 1.11. The van der Waals surface area contributed by atoms with Crippen LogP contribution < -0.4 is 10.6 Å². The van der Waals surface area contributed by atoms with Crippen molar-refractivity contribution in [2.75, 3.05) is 11.9 Å². The average Bonchev–Trinajstić information content (AvgIpc) is 2.81. The first-order valence-electron chi connectivity index (χ1n) is 6.56. The molecule has 0 aliphatic rings. The number of amides is 1. The fourth-order valence-electron chi connectivity index (χ4n) is 1.91. The molecule has 0 atom stereocenters. The van der Waals surface area contributed by atoms with Crippen molar-refractivity contribution in [1.82, 2.24) is 20.1 Å². The Labute approximate surface area is 118 Å². The van der Waals surface area contributed by atoms with Crippen LogP contribution in [0.3, 0.4) is 0 Å². The number of aryl methyl sites for hydroxylation is 1. The number of nitrogens with zero attached hydrogens (tertiary/aromatic N) is 3. The van der Waals surface area contributed by atoms with Crippen LogP contribution in [0.5, 0.6) is 0 Å². The molecule has 20 heavy (non-hydrogen) atoms. The lowest BCUT2D eigenvalue weighted by Gasteiger charge is -2.10. The highest BCUT2D eigenvalue weighted by Gasteiger charge is 2.03. The van der Waals surface area contributed by atoms with Crippen LogP contribution in [0.1, 0.15) is 18.3 Å². The number of para-hydroxylation sites is 1. The molecule has 0 aliphatic heterocycles. The molecule has 6 heteroatoms. The summed E-state index contributed by atoms with van der Waals surface area (Å²) in [5, 5.41) is 10.4. The third-order valence-corrected chi connectivity index (χ3v) is 2.82. The topological polar surface area (TPSA) is 71.8 Å². The van der Waals surface area contributed by atoms with Gasteiger partial charge in [-0.15, -0.1) is 0 Å². The standard InChI is InChI=1S/C14H19N5O/c1-11(20)17-13-6-4-3-5-12(13)9-15-8-7-14-16-10-19(2)18-14/h3-6,10,15H,7-9H2,1-2H3,(H,17,20). The highest BCUT2D eigenvalue weighted by molar-refractivity contribution is 5.89. The third-order valence-electron chi connectivity index (χ3n) is 2.82. The van der Waals surface area contributed by atoms with Gasteiger partial charge in [-0.3, -0.25) is 9.48 Å². The van der Waals surface area contributed by atoms with Crippen molar-refractivity contribution < 1.29 is 4.79 Å². The highest BCUT2D eigenvalue weighted by atomic mass is 16.1. The summed E-state index contributed by atoms with van der Waals surface area (Å²) in [4.78, 5) is 15.3. The molecule has 0 aliphatic carbocycles. The van der Waals surface area contributed by atoms with Crippen LogP contribution in [-0.4, -0.2) is 27.2 Å². The maximum absolute atomic E-state index is 11.1. The van der Waals surface area contributed by atoms with E-state index in [2.05, 4.69) is 20.7 Å². The number of nitrogens with one attached hydrogen (secondary N) is 2. The Hall–Kier alpha value is -2.21. The second-order valence-electron chi connectivity index (χ2n) is 4.60. The zero-order valence-electron chi connectivity index (χ0n) is 11.8. The van der Waals surface area contributed by atoms with Crippen molar-refractivity contribution in [2.24, 2.45) is 7.05 Å². The van der Waals surface area contributed by atoms with E-state index >= 15 is 0 Å². The van der Waals surface area contributed by atoms with Crippen molar-refractivity contribution in [3.63, 3.8) is 0 Å². The monoisotopic (exact) mass is 273 g/mol. The number of carbonyl (C=O) groups is 1. The van der Waals surface area contributed by atoms with Gasteiger partial charge in [-0.2, -0.15) is 5.10 Å². The van der Waals surface area contributed by atoms with E-state index in [1.807, 2.05) is 31.3 Å². The molecule has 0 unspecified atom stereocenters. The molecule has 106 valence electrons. The van der Waals surface area contributed by atoms with E-state index < -0.39 is 0 Å². The molecule has 0 fully saturated rings. The number of carbonyl (C=O) groups excluding carboxylic acids is 1. The summed E-state index contributed by atoms with van der Waals surface area (Å²) < 4.78 is 1.70. The van der Waals surface area contributed by atoms with Gasteiger partial charge in [0.2, 0.25) is 5.91 Å². The molecule has 0 saturated heterocycles. The van der Waals surface area contributed by atoms with Gasteiger partial charge in [-0.1, -0.05) is 18.2 Å². The number of hydrogen-bond donors (Lipinski definition) is 2. The molecule has 1 aromatic heterocycles. The Bertz CT molecular complexity index is 578. The molecule has 6 nitrogen and oxygen atoms in total. The zero-order valence-corrected chi connectivity index (χ0v) is 11.8. The molecule has 0 bridgehead atoms. The number of benzene rings is 1. The molecule has 2 rings (SSSR count). The smallest absolute Gasteiger partial charge is 0.221 e. The van der Waals surface area contributed by atoms with Crippen molar-refractivity contribution in [2.45, 2.75) is 19.9 Å². The van der Waals surface area contributed by atoms with E-state index in [-0.39, 0.29) is 5.91 Å². The number of rotatable bonds is 6. The van der Waals surface area contributed by atoms with Crippen LogP contribution in [0.2, 0.25) is 0 Å². The first-order valence-corrected chi connectivity index (χ1v) is 6.56. The van der Waals surface area contributed by atoms with Gasteiger partial charge in [0.1, 0.15) is 6.33 Å². The summed E-state index contributed by atoms with van der Waals surface area (Å²) in [6.45, 7) is 3.00. The van der Waals surface area contributed by atoms with Gasteiger partial charge in [0.05, 0.1) is 0 Å². The van der Waals surface area contributed by atoms with E-state index in [9.17, 15) is 4.79 Å². The summed E-state index contributed by atoms with van der Waals surface area (Å²) in [5.74, 6) is 0.769. The molecule has 0 radical (unpaired) electrons. The van der Waals surface area contributed by atoms with Crippen LogP contribution in [-0.2, 0) is 24.8 Å². The minimum absolute atomic E-state index is 0.0601. The molecule has 0 saturated carbocycles. The van der Waals surface area contributed by atoms with Gasteiger partial charge < -0.3 is 10.6 Å². The number of hydrogen-bond acceptors (Lipinski definition) is 4. The van der Waals surface area contributed by atoms with Crippen molar-refractivity contribution in [1.29, 1.82) is 0 Å². The van der Waals surface area contributed by atoms with E-state index in [4.69, 9.17) is 0 Å². The minimum atomic E-state index is -0.0601. The molecule has 1 aromatic carbocycles. The third kappa shape index (κ3) is 4.17. The number of aromatic nitrogens is 3. The summed E-state index contributed by atoms with van der Waals surface area (Å²) in [6.07, 6.45) is 2.48. The summed E-state index contributed by atoms with van der Waals surface area (Å²) in [7, 11) is 1.85. The molecule has 2 aromatic rings. The minimum Gasteiger partial charge on any atom is -0.326 e. The van der Waals surface area contributed by atoms with Crippen LogP contribution >= 0.6 is 0 Å². The van der Waals surface area contributed by atoms with E-state index in [1.54, 1.807) is 11.0 Å². The summed E-state index contributed by atoms with van der Waals surface area (Å²) in [6, 6.07) is 7.77. The van der Waals surface area contributed by atoms with E-state index in [1.165, 1.54) is 6.92 Å². The van der Waals surface area contributed by atoms with Crippen LogP contribution in [0.4, 0.5) is 5.69 Å². The Kier molecular flexibility index (Phi) is 4.84. The highest BCUT2D eigenvalue weighted by Crippen LogP contribution is 2.14. The fourth-order valence-corrected chi connectivity index (χ4v) is 1.91. The van der Waals surface area contributed by atoms with Crippen LogP contribution in [0.25, 0.3) is 0 Å². The van der Waals surface area contributed by atoms with Crippen LogP contribution in [0.15, 0.2) is 30.6 Å². The lowest BCUT2D eigenvalue weighted by Crippen LogP contribution is -2.19. The second-order valence-corrected chi connectivity index (χ2v) is 4.60. The van der Waals surface area contributed by atoms with Crippen LogP contribution in [0, 0.1) is 0 Å². The van der Waals surface area contributed by atoms with Gasteiger partial charge in [-0.05, 0) is 11.6 Å². The fraction of sp³-hybridized carbons (Fsp3) is 0.357. The summed E-state index contributed by atoms with van der Waals surface area (Å²) in [5.41, 5.74) is 1.92. The van der Waals surface area contributed by atoms with Gasteiger partial charge in [0.25, 0.3) is 0 Å². The van der Waals surface area contributed by atoms with Gasteiger partial charge >= 0.3 is 0 Å². The van der Waals surface area contributed by atoms with Crippen molar-refractivity contribution in [3.05, 3.63) is 42.0 Å². The first kappa shape index (κ1) is 14.2. The van der Waals surface area contributed by atoms with E-state index in [0.29, 0.717) is 6.54 Å². The van der Waals surface area contributed by atoms with Crippen molar-refractivity contribution in [3.8, 4) is 0 Å². The largest absolute Gasteiger partial charge is 0.326 e. The number of anilines is 1. The molecular weight excluding hydrogens is 254 g/mol. The first-order chi connectivity index (χ1) is 9.65. The van der Waals surface area contributed by atoms with Gasteiger partial charge in [0.15, 0.2) is 5.82 Å². The molecule has 1 heterocycles. The Morgan fingerprint density at radius 1 is 1.35 bits per heavy atom. The van der Waals surface area contributed by atoms with Gasteiger partial charge in [-0.25, -0.2) is 4.98 Å². The van der Waals surface area contributed by atoms with Gasteiger partial charge in [0, 0.05) is 39.2 Å². The Morgan fingerprint density at radius 2 is 2.15 bits per heavy atom. The quantitative estimate of drug-likeness (QED) is 0.773. The Morgan fingerprint density at radius 3 is 2.85 bits per heavy atom. The normalized spacial score (nSPS) is 10.5. The van der Waals surface area contributed by atoms with E-state index in [0.717, 1.165) is 30.0 Å². The second kappa shape index (κ2) is 6.81. The lowest BCUT2D eigenvalue weighted by molar-refractivity contribution is -0.114. The average molecular weight is 273 g/mol. The Balaban J connectivity index is 1.83. The lowest BCUT2D eigenvalue weighted by atomic mass is 10.1. The zero-order chi connectivity index (χ0) is 14.4. The summed E-state index contributed by atoms with van der Waals surface area (Å²) >= 11 is 0. The predicted molar refractivity (Wildman–Crippen MR) is 77.2 cm³/mol.